The molecule has 7 nitrogen and oxygen atoms in total. The van der Waals surface area contributed by atoms with Crippen molar-refractivity contribution in [2.75, 3.05) is 44.7 Å². The standard InChI is InChI=1S/C22H24F2N6O/c1-28-7-3-8-29(10-9-28)20-6-5-17-22(27-20)30-19-13-15(24)14(23)12-18(19)26-21(30)16(25-17)4-2-11-31/h5-6,12-13,31H,2-4,7-11H2,1H3. The van der Waals surface area contributed by atoms with Gasteiger partial charge in [0.2, 0.25) is 0 Å². The number of aromatic nitrogens is 4. The van der Waals surface area contributed by atoms with Crippen LogP contribution in [0, 0.1) is 11.6 Å². The molecule has 4 aromatic rings. The first-order valence-electron chi connectivity index (χ1n) is 10.6. The monoisotopic (exact) mass is 426 g/mol. The maximum Gasteiger partial charge on any atom is 0.167 e. The average Bonchev–Trinajstić information content (AvgIpc) is 2.98. The zero-order valence-corrected chi connectivity index (χ0v) is 17.4. The number of hydrogen-bond donors (Lipinski definition) is 1. The van der Waals surface area contributed by atoms with Crippen LogP contribution in [0.3, 0.4) is 0 Å². The van der Waals surface area contributed by atoms with Crippen molar-refractivity contribution in [2.45, 2.75) is 19.3 Å². The van der Waals surface area contributed by atoms with Gasteiger partial charge >= 0.3 is 0 Å². The minimum atomic E-state index is -0.938. The quantitative estimate of drug-likeness (QED) is 0.541. The smallest absolute Gasteiger partial charge is 0.167 e. The Balaban J connectivity index is 1.74. The van der Waals surface area contributed by atoms with Crippen LogP contribution in [-0.2, 0) is 6.42 Å². The van der Waals surface area contributed by atoms with Crippen LogP contribution in [0.25, 0.3) is 27.8 Å². The highest BCUT2D eigenvalue weighted by molar-refractivity contribution is 5.88. The predicted octanol–water partition coefficient (Wildman–Crippen LogP) is 2.78. The fourth-order valence-corrected chi connectivity index (χ4v) is 4.22. The summed E-state index contributed by atoms with van der Waals surface area (Å²) in [4.78, 5) is 18.7. The molecule has 0 atom stereocenters. The first-order valence-corrected chi connectivity index (χ1v) is 10.6. The summed E-state index contributed by atoms with van der Waals surface area (Å²) in [5.41, 5.74) is 3.20. The molecule has 0 spiro atoms. The Kier molecular flexibility index (Phi) is 5.15. The summed E-state index contributed by atoms with van der Waals surface area (Å²) in [6, 6.07) is 6.14. The molecule has 1 aromatic carbocycles. The number of hydrogen-bond acceptors (Lipinski definition) is 6. The topological polar surface area (TPSA) is 69.8 Å². The highest BCUT2D eigenvalue weighted by Gasteiger charge is 2.19. The normalized spacial score (nSPS) is 15.9. The molecule has 0 unspecified atom stereocenters. The lowest BCUT2D eigenvalue weighted by Gasteiger charge is -2.22. The number of aliphatic hydroxyl groups excluding tert-OH is 1. The minimum Gasteiger partial charge on any atom is -0.396 e. The lowest BCUT2D eigenvalue weighted by Crippen LogP contribution is -2.29. The van der Waals surface area contributed by atoms with Crippen molar-refractivity contribution in [3.8, 4) is 0 Å². The van der Waals surface area contributed by atoms with E-state index in [1.807, 2.05) is 12.1 Å². The summed E-state index contributed by atoms with van der Waals surface area (Å²) in [6.07, 6.45) is 2.07. The van der Waals surface area contributed by atoms with Crippen molar-refractivity contribution in [2.24, 2.45) is 0 Å². The lowest BCUT2D eigenvalue weighted by atomic mass is 10.2. The number of imidazole rings is 1. The molecule has 0 saturated carbocycles. The largest absolute Gasteiger partial charge is 0.396 e. The lowest BCUT2D eigenvalue weighted by molar-refractivity contribution is 0.288. The van der Waals surface area contributed by atoms with Crippen LogP contribution < -0.4 is 4.90 Å². The first-order chi connectivity index (χ1) is 15.0. The highest BCUT2D eigenvalue weighted by Crippen LogP contribution is 2.27. The third-order valence-electron chi connectivity index (χ3n) is 5.88. The molecule has 0 radical (unpaired) electrons. The molecule has 1 aliphatic heterocycles. The van der Waals surface area contributed by atoms with Crippen molar-refractivity contribution < 1.29 is 13.9 Å². The number of nitrogens with zero attached hydrogens (tertiary/aromatic N) is 6. The van der Waals surface area contributed by atoms with Gasteiger partial charge in [0, 0.05) is 38.4 Å². The van der Waals surface area contributed by atoms with E-state index in [0.29, 0.717) is 46.4 Å². The van der Waals surface area contributed by atoms with E-state index in [-0.39, 0.29) is 6.61 Å². The Bertz CT molecular complexity index is 1270. The number of rotatable bonds is 4. The van der Waals surface area contributed by atoms with Gasteiger partial charge in [-0.05, 0) is 45.0 Å². The van der Waals surface area contributed by atoms with Crippen LogP contribution in [0.4, 0.5) is 14.6 Å². The van der Waals surface area contributed by atoms with Gasteiger partial charge < -0.3 is 14.9 Å². The van der Waals surface area contributed by atoms with Crippen LogP contribution in [-0.4, -0.2) is 69.2 Å². The summed E-state index contributed by atoms with van der Waals surface area (Å²) in [5, 5.41) is 9.27. The van der Waals surface area contributed by atoms with E-state index in [1.54, 1.807) is 4.40 Å². The first kappa shape index (κ1) is 20.0. The fourth-order valence-electron chi connectivity index (χ4n) is 4.22. The van der Waals surface area contributed by atoms with E-state index < -0.39 is 11.6 Å². The van der Waals surface area contributed by atoms with Crippen molar-refractivity contribution >= 4 is 33.7 Å². The molecule has 0 amide bonds. The van der Waals surface area contributed by atoms with E-state index in [9.17, 15) is 13.9 Å². The van der Waals surface area contributed by atoms with Crippen LogP contribution in [0.2, 0.25) is 0 Å². The van der Waals surface area contributed by atoms with Crippen LogP contribution in [0.15, 0.2) is 24.3 Å². The number of likely N-dealkylation sites (N-methyl/N-ethyl adjacent to an activating group) is 1. The molecule has 1 N–H and O–H groups in total. The summed E-state index contributed by atoms with van der Waals surface area (Å²) >= 11 is 0. The minimum absolute atomic E-state index is 0.0238. The predicted molar refractivity (Wildman–Crippen MR) is 115 cm³/mol. The van der Waals surface area contributed by atoms with Gasteiger partial charge in [-0.2, -0.15) is 0 Å². The van der Waals surface area contributed by atoms with E-state index in [0.717, 1.165) is 50.6 Å². The number of aryl methyl sites for hydroxylation is 1. The molecule has 0 aliphatic carbocycles. The Morgan fingerprint density at radius 3 is 2.61 bits per heavy atom. The zero-order chi connectivity index (χ0) is 21.5. The number of aliphatic hydroxyl groups is 1. The molecule has 31 heavy (non-hydrogen) atoms. The maximum atomic E-state index is 14.1. The van der Waals surface area contributed by atoms with Crippen LogP contribution in [0.5, 0.6) is 0 Å². The van der Waals surface area contributed by atoms with Crippen LogP contribution >= 0.6 is 0 Å². The average molecular weight is 426 g/mol. The number of halogens is 2. The maximum absolute atomic E-state index is 14.1. The summed E-state index contributed by atoms with van der Waals surface area (Å²) in [7, 11) is 2.12. The van der Waals surface area contributed by atoms with E-state index in [1.165, 1.54) is 0 Å². The molecule has 0 bridgehead atoms. The molecule has 4 heterocycles. The summed E-state index contributed by atoms with van der Waals surface area (Å²) in [5.74, 6) is -1.03. The van der Waals surface area contributed by atoms with Gasteiger partial charge in [-0.1, -0.05) is 0 Å². The third kappa shape index (κ3) is 3.57. The van der Waals surface area contributed by atoms with Crippen molar-refractivity contribution in [3.05, 3.63) is 41.6 Å². The molecule has 5 rings (SSSR count). The Morgan fingerprint density at radius 2 is 1.77 bits per heavy atom. The van der Waals surface area contributed by atoms with Crippen LogP contribution in [0.1, 0.15) is 18.5 Å². The van der Waals surface area contributed by atoms with Gasteiger partial charge in [0.15, 0.2) is 22.9 Å². The molecule has 9 heteroatoms. The van der Waals surface area contributed by atoms with E-state index in [4.69, 9.17) is 9.97 Å². The van der Waals surface area contributed by atoms with Gasteiger partial charge in [0.25, 0.3) is 0 Å². The molecule has 1 saturated heterocycles. The Hall–Kier alpha value is -2.91. The Morgan fingerprint density at radius 1 is 0.935 bits per heavy atom. The second-order valence-corrected chi connectivity index (χ2v) is 8.07. The third-order valence-corrected chi connectivity index (χ3v) is 5.88. The van der Waals surface area contributed by atoms with Crippen molar-refractivity contribution in [1.29, 1.82) is 0 Å². The van der Waals surface area contributed by atoms with Gasteiger partial charge in [-0.3, -0.25) is 4.40 Å². The summed E-state index contributed by atoms with van der Waals surface area (Å²) in [6.45, 7) is 3.78. The molecule has 162 valence electrons. The second-order valence-electron chi connectivity index (χ2n) is 8.07. The van der Waals surface area contributed by atoms with Gasteiger partial charge in [0.05, 0.1) is 16.7 Å². The van der Waals surface area contributed by atoms with Gasteiger partial charge in [-0.25, -0.2) is 23.7 Å². The highest BCUT2D eigenvalue weighted by atomic mass is 19.2. The van der Waals surface area contributed by atoms with Crippen molar-refractivity contribution in [1.82, 2.24) is 24.3 Å². The van der Waals surface area contributed by atoms with Crippen molar-refractivity contribution in [3.63, 3.8) is 0 Å². The molecular weight excluding hydrogens is 402 g/mol. The fraction of sp³-hybridized carbons (Fsp3) is 0.409. The van der Waals surface area contributed by atoms with E-state index >= 15 is 0 Å². The Labute approximate surface area is 177 Å². The zero-order valence-electron chi connectivity index (χ0n) is 17.4. The van der Waals surface area contributed by atoms with Gasteiger partial charge in [0.1, 0.15) is 11.3 Å². The SMILES string of the molecule is CN1CCCN(c2ccc3nc(CCCO)c4nc5cc(F)c(F)cc5n4c3n2)CC1. The molecule has 1 aliphatic rings. The number of fused-ring (bicyclic) bond motifs is 5. The number of benzene rings is 1. The number of anilines is 1. The molecular formula is C22H24F2N6O. The number of pyridine rings is 1. The van der Waals surface area contributed by atoms with Gasteiger partial charge in [-0.15, -0.1) is 0 Å². The van der Waals surface area contributed by atoms with E-state index in [2.05, 4.69) is 21.8 Å². The molecule has 1 fully saturated rings. The summed E-state index contributed by atoms with van der Waals surface area (Å²) < 4.78 is 29.7. The molecule has 3 aromatic heterocycles. The second kappa shape index (κ2) is 7.97.